The van der Waals surface area contributed by atoms with E-state index in [0.29, 0.717) is 22.3 Å². The van der Waals surface area contributed by atoms with Crippen LogP contribution in [0, 0.1) is 13.8 Å². The molecule has 182 valence electrons. The Morgan fingerprint density at radius 2 is 1.38 bits per heavy atom. The standard InChI is InChI=1S/C25H28O7S2/c1-13-15(8-10-17-19(13)24(3,4)12-33(17,28)29)21(26)22-25(5,6)20-14(2)16(23(27)32-7)9-11-18(20)34(22,30)31/h8-11,22H,12H2,1-7H3. The summed E-state index contributed by atoms with van der Waals surface area (Å²) in [7, 11) is -6.30. The van der Waals surface area contributed by atoms with Crippen molar-refractivity contribution in [3.05, 3.63) is 57.6 Å². The van der Waals surface area contributed by atoms with Crippen LogP contribution in [-0.2, 0) is 35.2 Å². The molecule has 0 radical (unpaired) electrons. The number of carbonyl (C=O) groups is 2. The number of benzene rings is 2. The summed E-state index contributed by atoms with van der Waals surface area (Å²) in [6, 6.07) is 5.62. The fourth-order valence-corrected chi connectivity index (χ4v) is 10.8. The third-order valence-electron chi connectivity index (χ3n) is 7.24. The van der Waals surface area contributed by atoms with Gasteiger partial charge in [0.1, 0.15) is 5.25 Å². The summed E-state index contributed by atoms with van der Waals surface area (Å²) in [5.41, 5.74) is 0.555. The lowest BCUT2D eigenvalue weighted by molar-refractivity contribution is 0.0599. The summed E-state index contributed by atoms with van der Waals surface area (Å²) in [4.78, 5) is 26.4. The summed E-state index contributed by atoms with van der Waals surface area (Å²) in [5, 5.41) is -1.42. The summed E-state index contributed by atoms with van der Waals surface area (Å²) < 4.78 is 57.4. The van der Waals surface area contributed by atoms with Gasteiger partial charge in [0, 0.05) is 16.4 Å². The molecule has 4 rings (SSSR count). The molecule has 0 saturated heterocycles. The SMILES string of the molecule is COC(=O)c1ccc2c(c1C)C(C)(C)C(C(=O)c1ccc3c(c1C)C(C)(C)CS3(=O)=O)S2(=O)=O. The van der Waals surface area contributed by atoms with Crippen LogP contribution in [0.2, 0.25) is 0 Å². The third kappa shape index (κ3) is 3.12. The first-order chi connectivity index (χ1) is 15.5. The number of carbonyl (C=O) groups excluding carboxylic acids is 2. The number of sulfone groups is 2. The molecular formula is C25H28O7S2. The molecule has 0 N–H and O–H groups in total. The number of esters is 1. The van der Waals surface area contributed by atoms with Crippen molar-refractivity contribution < 1.29 is 31.2 Å². The van der Waals surface area contributed by atoms with E-state index in [1.165, 1.54) is 31.4 Å². The maximum atomic E-state index is 13.9. The lowest BCUT2D eigenvalue weighted by Crippen LogP contribution is -2.41. The zero-order valence-electron chi connectivity index (χ0n) is 20.3. The molecule has 2 aliphatic heterocycles. The molecule has 9 heteroatoms. The van der Waals surface area contributed by atoms with Crippen LogP contribution < -0.4 is 0 Å². The van der Waals surface area contributed by atoms with Crippen molar-refractivity contribution in [2.75, 3.05) is 12.9 Å². The molecule has 2 aromatic carbocycles. The van der Waals surface area contributed by atoms with E-state index >= 15 is 0 Å². The highest BCUT2D eigenvalue weighted by Gasteiger charge is 2.56. The average Bonchev–Trinajstić information content (AvgIpc) is 3.00. The van der Waals surface area contributed by atoms with Crippen molar-refractivity contribution >= 4 is 31.4 Å². The molecule has 2 heterocycles. The zero-order chi connectivity index (χ0) is 25.6. The van der Waals surface area contributed by atoms with E-state index in [9.17, 15) is 26.4 Å². The van der Waals surface area contributed by atoms with Gasteiger partial charge in [-0.1, -0.05) is 27.7 Å². The highest BCUT2D eigenvalue weighted by atomic mass is 32.2. The van der Waals surface area contributed by atoms with Crippen LogP contribution in [0.1, 0.15) is 70.7 Å². The van der Waals surface area contributed by atoms with E-state index < -0.39 is 47.5 Å². The Labute approximate surface area is 200 Å². The topological polar surface area (TPSA) is 112 Å². The van der Waals surface area contributed by atoms with E-state index in [-0.39, 0.29) is 26.7 Å². The number of Topliss-reactive ketones (excluding diaryl/α,β-unsaturated/α-hetero) is 1. The number of ketones is 1. The van der Waals surface area contributed by atoms with Gasteiger partial charge in [-0.3, -0.25) is 4.79 Å². The number of rotatable bonds is 3. The molecule has 0 aromatic heterocycles. The molecular weight excluding hydrogens is 476 g/mol. The number of ether oxygens (including phenoxy) is 1. The van der Waals surface area contributed by atoms with E-state index in [2.05, 4.69) is 0 Å². The van der Waals surface area contributed by atoms with Gasteiger partial charge >= 0.3 is 5.97 Å². The van der Waals surface area contributed by atoms with Crippen LogP contribution in [0.5, 0.6) is 0 Å². The van der Waals surface area contributed by atoms with Crippen molar-refractivity contribution in [2.45, 2.75) is 67.4 Å². The average molecular weight is 505 g/mol. The quantitative estimate of drug-likeness (QED) is 0.465. The fourth-order valence-electron chi connectivity index (χ4n) is 5.99. The Hall–Kier alpha value is -2.52. The first-order valence-corrected chi connectivity index (χ1v) is 14.1. The Balaban J connectivity index is 1.92. The molecule has 34 heavy (non-hydrogen) atoms. The second-order valence-electron chi connectivity index (χ2n) is 10.4. The Morgan fingerprint density at radius 3 is 1.97 bits per heavy atom. The first kappa shape index (κ1) is 24.6. The molecule has 1 atom stereocenters. The van der Waals surface area contributed by atoms with E-state index in [1.54, 1.807) is 41.5 Å². The second kappa shape index (κ2) is 7.24. The normalized spacial score (nSPS) is 22.6. The molecule has 0 aliphatic carbocycles. The summed E-state index contributed by atoms with van der Waals surface area (Å²) in [6.45, 7) is 10.3. The predicted molar refractivity (Wildman–Crippen MR) is 127 cm³/mol. The van der Waals surface area contributed by atoms with Gasteiger partial charge in [-0.25, -0.2) is 21.6 Å². The summed E-state index contributed by atoms with van der Waals surface area (Å²) in [6.07, 6.45) is 0. The van der Waals surface area contributed by atoms with Crippen LogP contribution >= 0.6 is 0 Å². The lowest BCUT2D eigenvalue weighted by atomic mass is 9.75. The van der Waals surface area contributed by atoms with Gasteiger partial charge < -0.3 is 4.74 Å². The van der Waals surface area contributed by atoms with Crippen molar-refractivity contribution in [2.24, 2.45) is 0 Å². The molecule has 0 fully saturated rings. The third-order valence-corrected chi connectivity index (χ3v) is 11.7. The van der Waals surface area contributed by atoms with Gasteiger partial charge in [0.2, 0.25) is 0 Å². The van der Waals surface area contributed by atoms with Crippen LogP contribution in [0.3, 0.4) is 0 Å². The smallest absolute Gasteiger partial charge is 0.338 e. The van der Waals surface area contributed by atoms with E-state index in [1.807, 2.05) is 0 Å². The molecule has 0 bridgehead atoms. The molecule has 0 amide bonds. The highest BCUT2D eigenvalue weighted by molar-refractivity contribution is 7.93. The van der Waals surface area contributed by atoms with Crippen LogP contribution in [0.25, 0.3) is 0 Å². The molecule has 1 unspecified atom stereocenters. The van der Waals surface area contributed by atoms with Crippen LogP contribution in [0.4, 0.5) is 0 Å². The monoisotopic (exact) mass is 504 g/mol. The fraction of sp³-hybridized carbons (Fsp3) is 0.440. The lowest BCUT2D eigenvalue weighted by Gasteiger charge is -2.28. The van der Waals surface area contributed by atoms with Gasteiger partial charge in [-0.2, -0.15) is 0 Å². The van der Waals surface area contributed by atoms with Crippen molar-refractivity contribution in [3.8, 4) is 0 Å². The number of hydrogen-bond acceptors (Lipinski definition) is 7. The number of fused-ring (bicyclic) bond motifs is 2. The van der Waals surface area contributed by atoms with Gasteiger partial charge in [-0.05, 0) is 60.4 Å². The molecule has 2 aromatic rings. The van der Waals surface area contributed by atoms with Gasteiger partial charge in [0.25, 0.3) is 0 Å². The second-order valence-corrected chi connectivity index (χ2v) is 14.3. The zero-order valence-corrected chi connectivity index (χ0v) is 21.9. The van der Waals surface area contributed by atoms with Crippen molar-refractivity contribution in [3.63, 3.8) is 0 Å². The van der Waals surface area contributed by atoms with Crippen LogP contribution in [0.15, 0.2) is 34.1 Å². The van der Waals surface area contributed by atoms with Crippen LogP contribution in [-0.4, -0.2) is 46.7 Å². The number of hydrogen-bond donors (Lipinski definition) is 0. The minimum absolute atomic E-state index is 0.0303. The minimum atomic E-state index is -4.08. The Kier molecular flexibility index (Phi) is 5.24. The van der Waals surface area contributed by atoms with Crippen molar-refractivity contribution in [1.82, 2.24) is 0 Å². The molecule has 2 aliphatic rings. The number of methoxy groups -OCH3 is 1. The molecule has 7 nitrogen and oxygen atoms in total. The highest BCUT2D eigenvalue weighted by Crippen LogP contribution is 2.49. The van der Waals surface area contributed by atoms with Crippen molar-refractivity contribution in [1.29, 1.82) is 0 Å². The predicted octanol–water partition coefficient (Wildman–Crippen LogP) is 3.47. The minimum Gasteiger partial charge on any atom is -0.465 e. The van der Waals surface area contributed by atoms with Gasteiger partial charge in [-0.15, -0.1) is 0 Å². The first-order valence-electron chi connectivity index (χ1n) is 10.9. The Bertz CT molecular complexity index is 1490. The van der Waals surface area contributed by atoms with Gasteiger partial charge in [0.05, 0.1) is 28.2 Å². The molecule has 0 spiro atoms. The summed E-state index contributed by atoms with van der Waals surface area (Å²) in [5.74, 6) is -1.23. The van der Waals surface area contributed by atoms with Gasteiger partial charge in [0.15, 0.2) is 25.5 Å². The molecule has 0 saturated carbocycles. The maximum absolute atomic E-state index is 13.9. The Morgan fingerprint density at radius 1 is 0.853 bits per heavy atom. The largest absolute Gasteiger partial charge is 0.465 e. The maximum Gasteiger partial charge on any atom is 0.338 e. The summed E-state index contributed by atoms with van der Waals surface area (Å²) >= 11 is 0. The van der Waals surface area contributed by atoms with E-state index in [0.717, 1.165) is 0 Å². The van der Waals surface area contributed by atoms with E-state index in [4.69, 9.17) is 4.74 Å².